The standard InChI is InChI=1S/C19H23NO2S/c1-22-17-9-7-16(8-10-17)19(15-5-6-15)20-13-14-3-11-18(12-4-14)23(2)21/h3-4,7-12,15,19-20H,5-6,13H2,1-2H3/t19-,23+/m0/s1. The minimum Gasteiger partial charge on any atom is -0.497 e. The van der Waals surface area contributed by atoms with E-state index in [1.807, 2.05) is 24.3 Å². The molecule has 0 bridgehead atoms. The fourth-order valence-electron chi connectivity index (χ4n) is 2.82. The minimum atomic E-state index is -0.913. The van der Waals surface area contributed by atoms with Gasteiger partial charge in [-0.3, -0.25) is 4.21 Å². The summed E-state index contributed by atoms with van der Waals surface area (Å²) < 4.78 is 16.7. The molecule has 1 N–H and O–H groups in total. The highest BCUT2D eigenvalue weighted by atomic mass is 32.2. The maximum atomic E-state index is 11.4. The van der Waals surface area contributed by atoms with Gasteiger partial charge in [-0.05, 0) is 54.2 Å². The molecule has 4 heteroatoms. The van der Waals surface area contributed by atoms with Crippen LogP contribution in [-0.4, -0.2) is 17.6 Å². The Morgan fingerprint density at radius 3 is 2.30 bits per heavy atom. The Labute approximate surface area is 140 Å². The van der Waals surface area contributed by atoms with Crippen LogP contribution in [0.5, 0.6) is 5.75 Å². The molecular weight excluding hydrogens is 306 g/mol. The first-order chi connectivity index (χ1) is 11.2. The van der Waals surface area contributed by atoms with Crippen molar-refractivity contribution in [1.82, 2.24) is 5.32 Å². The number of rotatable bonds is 7. The van der Waals surface area contributed by atoms with E-state index in [4.69, 9.17) is 4.74 Å². The van der Waals surface area contributed by atoms with Crippen LogP contribution in [0.15, 0.2) is 53.4 Å². The molecule has 0 spiro atoms. The molecule has 3 nitrogen and oxygen atoms in total. The van der Waals surface area contributed by atoms with E-state index < -0.39 is 10.8 Å². The van der Waals surface area contributed by atoms with E-state index in [0.29, 0.717) is 6.04 Å². The zero-order valence-corrected chi connectivity index (χ0v) is 14.4. The van der Waals surface area contributed by atoms with Gasteiger partial charge in [0.15, 0.2) is 0 Å². The van der Waals surface area contributed by atoms with Crippen LogP contribution in [0.1, 0.15) is 30.0 Å². The van der Waals surface area contributed by atoms with Crippen molar-refractivity contribution < 1.29 is 8.95 Å². The molecule has 0 aliphatic heterocycles. The number of ether oxygens (including phenoxy) is 1. The van der Waals surface area contributed by atoms with Crippen molar-refractivity contribution >= 4 is 10.8 Å². The van der Waals surface area contributed by atoms with Crippen LogP contribution in [0.2, 0.25) is 0 Å². The molecule has 3 rings (SSSR count). The van der Waals surface area contributed by atoms with Gasteiger partial charge < -0.3 is 10.1 Å². The molecule has 2 aromatic rings. The van der Waals surface area contributed by atoms with Gasteiger partial charge in [-0.25, -0.2) is 0 Å². The van der Waals surface area contributed by atoms with Gasteiger partial charge in [0, 0.05) is 34.5 Å². The molecule has 122 valence electrons. The monoisotopic (exact) mass is 329 g/mol. The van der Waals surface area contributed by atoms with E-state index in [2.05, 4.69) is 29.6 Å². The third-order valence-electron chi connectivity index (χ3n) is 4.35. The molecule has 0 aromatic heterocycles. The quantitative estimate of drug-likeness (QED) is 0.842. The average molecular weight is 329 g/mol. The van der Waals surface area contributed by atoms with Crippen molar-refractivity contribution in [2.24, 2.45) is 5.92 Å². The summed E-state index contributed by atoms with van der Waals surface area (Å²) in [4.78, 5) is 0.877. The Balaban J connectivity index is 1.66. The van der Waals surface area contributed by atoms with Crippen LogP contribution in [0.4, 0.5) is 0 Å². The number of hydrogen-bond donors (Lipinski definition) is 1. The molecule has 0 heterocycles. The van der Waals surface area contributed by atoms with Crippen LogP contribution in [-0.2, 0) is 17.3 Å². The largest absolute Gasteiger partial charge is 0.497 e. The number of hydrogen-bond acceptors (Lipinski definition) is 3. The van der Waals surface area contributed by atoms with Gasteiger partial charge in [-0.2, -0.15) is 0 Å². The van der Waals surface area contributed by atoms with Gasteiger partial charge in [0.1, 0.15) is 5.75 Å². The Morgan fingerprint density at radius 2 is 1.78 bits per heavy atom. The van der Waals surface area contributed by atoms with E-state index >= 15 is 0 Å². The molecule has 2 aromatic carbocycles. The molecule has 1 aliphatic carbocycles. The second kappa shape index (κ2) is 7.28. The number of nitrogens with one attached hydrogen (secondary N) is 1. The summed E-state index contributed by atoms with van der Waals surface area (Å²) in [6.45, 7) is 0.823. The van der Waals surface area contributed by atoms with Crippen molar-refractivity contribution in [3.05, 3.63) is 59.7 Å². The van der Waals surface area contributed by atoms with Gasteiger partial charge in [-0.15, -0.1) is 0 Å². The molecule has 0 unspecified atom stereocenters. The molecule has 0 radical (unpaired) electrons. The van der Waals surface area contributed by atoms with E-state index in [-0.39, 0.29) is 0 Å². The summed E-state index contributed by atoms with van der Waals surface area (Å²) >= 11 is 0. The maximum Gasteiger partial charge on any atom is 0.118 e. The summed E-state index contributed by atoms with van der Waals surface area (Å²) in [6.07, 6.45) is 4.29. The molecule has 0 saturated heterocycles. The second-order valence-corrected chi connectivity index (χ2v) is 7.45. The molecule has 1 saturated carbocycles. The molecule has 0 amide bonds. The lowest BCUT2D eigenvalue weighted by molar-refractivity contribution is 0.413. The molecular formula is C19H23NO2S. The number of benzene rings is 2. The first kappa shape index (κ1) is 16.2. The SMILES string of the molecule is COc1ccc([C@@H](NCc2ccc([S@@](C)=O)cc2)C2CC2)cc1. The molecule has 1 aliphatic rings. The third-order valence-corrected chi connectivity index (χ3v) is 5.29. The summed E-state index contributed by atoms with van der Waals surface area (Å²) in [7, 11) is 0.781. The summed E-state index contributed by atoms with van der Waals surface area (Å²) in [5, 5.41) is 3.68. The van der Waals surface area contributed by atoms with E-state index in [1.165, 1.54) is 24.0 Å². The van der Waals surface area contributed by atoms with Crippen LogP contribution < -0.4 is 10.1 Å². The summed E-state index contributed by atoms with van der Waals surface area (Å²) in [5.41, 5.74) is 2.54. The van der Waals surface area contributed by atoms with Gasteiger partial charge in [0.05, 0.1) is 7.11 Å². The lowest BCUT2D eigenvalue weighted by atomic mass is 10.0. The fourth-order valence-corrected chi connectivity index (χ4v) is 3.34. The Kier molecular flexibility index (Phi) is 5.13. The highest BCUT2D eigenvalue weighted by molar-refractivity contribution is 7.84. The van der Waals surface area contributed by atoms with Crippen molar-refractivity contribution in [3.63, 3.8) is 0 Å². The first-order valence-electron chi connectivity index (χ1n) is 7.97. The van der Waals surface area contributed by atoms with Crippen molar-refractivity contribution in [1.29, 1.82) is 0 Å². The predicted octanol–water partition coefficient (Wildman–Crippen LogP) is 3.67. The van der Waals surface area contributed by atoms with Crippen LogP contribution in [0, 0.1) is 5.92 Å². The van der Waals surface area contributed by atoms with Crippen LogP contribution >= 0.6 is 0 Å². The fraction of sp³-hybridized carbons (Fsp3) is 0.368. The van der Waals surface area contributed by atoms with E-state index in [0.717, 1.165) is 23.1 Å². The molecule has 2 atom stereocenters. The highest BCUT2D eigenvalue weighted by Crippen LogP contribution is 2.41. The van der Waals surface area contributed by atoms with E-state index in [1.54, 1.807) is 13.4 Å². The molecule has 23 heavy (non-hydrogen) atoms. The topological polar surface area (TPSA) is 38.3 Å². The summed E-state index contributed by atoms with van der Waals surface area (Å²) in [6, 6.07) is 16.8. The zero-order valence-electron chi connectivity index (χ0n) is 13.6. The van der Waals surface area contributed by atoms with Crippen molar-refractivity contribution in [2.45, 2.75) is 30.3 Å². The Bertz CT molecular complexity index is 663. The van der Waals surface area contributed by atoms with Gasteiger partial charge >= 0.3 is 0 Å². The second-order valence-electron chi connectivity index (χ2n) is 6.07. The Morgan fingerprint density at radius 1 is 1.13 bits per heavy atom. The van der Waals surface area contributed by atoms with Gasteiger partial charge in [0.2, 0.25) is 0 Å². The minimum absolute atomic E-state index is 0.390. The highest BCUT2D eigenvalue weighted by Gasteiger charge is 2.31. The van der Waals surface area contributed by atoms with Crippen LogP contribution in [0.3, 0.4) is 0 Å². The van der Waals surface area contributed by atoms with Crippen molar-refractivity contribution in [2.75, 3.05) is 13.4 Å². The predicted molar refractivity (Wildman–Crippen MR) is 94.1 cm³/mol. The molecule has 1 fully saturated rings. The van der Waals surface area contributed by atoms with E-state index in [9.17, 15) is 4.21 Å². The maximum absolute atomic E-state index is 11.4. The van der Waals surface area contributed by atoms with Gasteiger partial charge in [-0.1, -0.05) is 24.3 Å². The summed E-state index contributed by atoms with van der Waals surface area (Å²) in [5.74, 6) is 1.62. The van der Waals surface area contributed by atoms with Crippen LogP contribution in [0.25, 0.3) is 0 Å². The number of methoxy groups -OCH3 is 1. The third kappa shape index (κ3) is 4.21. The average Bonchev–Trinajstić information content (AvgIpc) is 3.41. The van der Waals surface area contributed by atoms with Gasteiger partial charge in [0.25, 0.3) is 0 Å². The Hall–Kier alpha value is -1.65. The lowest BCUT2D eigenvalue weighted by Crippen LogP contribution is -2.22. The van der Waals surface area contributed by atoms with Crippen molar-refractivity contribution in [3.8, 4) is 5.75 Å². The first-order valence-corrected chi connectivity index (χ1v) is 9.53. The smallest absolute Gasteiger partial charge is 0.118 e. The zero-order chi connectivity index (χ0) is 16.2. The lowest BCUT2D eigenvalue weighted by Gasteiger charge is -2.19. The normalized spacial score (nSPS) is 16.8.